The summed E-state index contributed by atoms with van der Waals surface area (Å²) in [5.74, 6) is -0.737. The minimum Gasteiger partial charge on any atom is -0.467 e. The van der Waals surface area contributed by atoms with Crippen molar-refractivity contribution in [2.75, 3.05) is 20.3 Å². The molecule has 1 atom stereocenters. The first kappa shape index (κ1) is 15.3. The minimum atomic E-state index is -1.54. The molecule has 0 saturated carbocycles. The van der Waals surface area contributed by atoms with E-state index in [9.17, 15) is 14.0 Å². The summed E-state index contributed by atoms with van der Waals surface area (Å²) in [5, 5.41) is 0. The van der Waals surface area contributed by atoms with Crippen molar-refractivity contribution in [1.82, 2.24) is 4.90 Å². The largest absolute Gasteiger partial charge is 0.467 e. The predicted molar refractivity (Wildman–Crippen MR) is 73.3 cm³/mol. The van der Waals surface area contributed by atoms with Crippen molar-refractivity contribution in [2.45, 2.75) is 25.0 Å². The third kappa shape index (κ3) is 2.99. The van der Waals surface area contributed by atoms with Gasteiger partial charge in [0.2, 0.25) is 0 Å². The van der Waals surface area contributed by atoms with E-state index in [0.29, 0.717) is 6.42 Å². The van der Waals surface area contributed by atoms with Crippen LogP contribution >= 0.6 is 0 Å². The van der Waals surface area contributed by atoms with Crippen molar-refractivity contribution < 1.29 is 23.5 Å². The maximum atomic E-state index is 13.4. The number of esters is 1. The Balaban J connectivity index is 2.05. The number of likely N-dealkylation sites (tertiary alicyclic amines) is 1. The van der Waals surface area contributed by atoms with Crippen LogP contribution in [0.3, 0.4) is 0 Å². The SMILES string of the molecule is COC(=O)[C@@]1(CF)CCCN1C(=O)OCc1ccccc1. The van der Waals surface area contributed by atoms with E-state index in [0.717, 1.165) is 10.5 Å². The number of alkyl halides is 1. The molecule has 1 amide bonds. The Bertz CT molecular complexity index is 508. The standard InChI is InChI=1S/C15H18FNO4/c1-20-13(18)15(11-16)8-5-9-17(15)14(19)21-10-12-6-3-2-4-7-12/h2-4,6-7H,5,8-11H2,1H3/t15-/m0/s1. The molecule has 1 fully saturated rings. The zero-order valence-corrected chi connectivity index (χ0v) is 11.9. The fraction of sp³-hybridized carbons (Fsp3) is 0.467. The van der Waals surface area contributed by atoms with Crippen LogP contribution in [0.2, 0.25) is 0 Å². The van der Waals surface area contributed by atoms with Crippen LogP contribution in [0.4, 0.5) is 9.18 Å². The van der Waals surface area contributed by atoms with Gasteiger partial charge in [-0.25, -0.2) is 14.0 Å². The molecule has 1 aromatic rings. The number of amides is 1. The minimum absolute atomic E-state index is 0.0830. The first-order valence-corrected chi connectivity index (χ1v) is 6.77. The van der Waals surface area contributed by atoms with E-state index in [2.05, 4.69) is 4.74 Å². The normalized spacial score (nSPS) is 21.1. The van der Waals surface area contributed by atoms with E-state index in [1.54, 1.807) is 0 Å². The van der Waals surface area contributed by atoms with E-state index in [-0.39, 0.29) is 19.6 Å². The maximum Gasteiger partial charge on any atom is 0.411 e. The topological polar surface area (TPSA) is 55.8 Å². The molecule has 21 heavy (non-hydrogen) atoms. The molecule has 5 nitrogen and oxygen atoms in total. The van der Waals surface area contributed by atoms with Gasteiger partial charge in [0.1, 0.15) is 13.3 Å². The highest BCUT2D eigenvalue weighted by Crippen LogP contribution is 2.32. The van der Waals surface area contributed by atoms with Gasteiger partial charge in [-0.1, -0.05) is 30.3 Å². The summed E-state index contributed by atoms with van der Waals surface area (Å²) in [6.07, 6.45) is 0.0928. The van der Waals surface area contributed by atoms with Crippen LogP contribution in [-0.4, -0.2) is 42.8 Å². The number of carbonyl (C=O) groups is 2. The molecule has 6 heteroatoms. The van der Waals surface area contributed by atoms with Crippen molar-refractivity contribution in [3.8, 4) is 0 Å². The fourth-order valence-electron chi connectivity index (χ4n) is 2.54. The van der Waals surface area contributed by atoms with Gasteiger partial charge in [0.15, 0.2) is 5.54 Å². The van der Waals surface area contributed by atoms with Gasteiger partial charge in [0.05, 0.1) is 7.11 Å². The van der Waals surface area contributed by atoms with Gasteiger partial charge >= 0.3 is 12.1 Å². The highest BCUT2D eigenvalue weighted by atomic mass is 19.1. The third-order valence-electron chi connectivity index (χ3n) is 3.70. The first-order chi connectivity index (χ1) is 10.1. The lowest BCUT2D eigenvalue weighted by Crippen LogP contribution is -2.55. The van der Waals surface area contributed by atoms with Gasteiger partial charge in [-0.15, -0.1) is 0 Å². The molecule has 1 aromatic carbocycles. The van der Waals surface area contributed by atoms with Crippen molar-refractivity contribution in [1.29, 1.82) is 0 Å². The number of carbonyl (C=O) groups excluding carboxylic acids is 2. The Morgan fingerprint density at radius 1 is 1.33 bits per heavy atom. The van der Waals surface area contributed by atoms with Gasteiger partial charge < -0.3 is 9.47 Å². The van der Waals surface area contributed by atoms with Crippen LogP contribution < -0.4 is 0 Å². The molecule has 0 aromatic heterocycles. The molecular weight excluding hydrogens is 277 g/mol. The zero-order chi connectivity index (χ0) is 15.3. The van der Waals surface area contributed by atoms with Gasteiger partial charge in [-0.05, 0) is 18.4 Å². The van der Waals surface area contributed by atoms with Crippen LogP contribution in [0.5, 0.6) is 0 Å². The number of rotatable bonds is 4. The molecule has 1 aliphatic heterocycles. The summed E-state index contributed by atoms with van der Waals surface area (Å²) >= 11 is 0. The first-order valence-electron chi connectivity index (χ1n) is 6.77. The summed E-state index contributed by atoms with van der Waals surface area (Å²) in [5.41, 5.74) is -0.711. The van der Waals surface area contributed by atoms with Crippen LogP contribution in [0.15, 0.2) is 30.3 Å². The number of methoxy groups -OCH3 is 1. The van der Waals surface area contributed by atoms with Crippen molar-refractivity contribution >= 4 is 12.1 Å². The second-order valence-electron chi connectivity index (χ2n) is 4.95. The average Bonchev–Trinajstić information content (AvgIpc) is 2.98. The van der Waals surface area contributed by atoms with Crippen molar-refractivity contribution in [2.24, 2.45) is 0 Å². The van der Waals surface area contributed by atoms with Gasteiger partial charge in [-0.3, -0.25) is 4.90 Å². The summed E-state index contributed by atoms with van der Waals surface area (Å²) in [7, 11) is 1.19. The number of benzene rings is 1. The number of nitrogens with zero attached hydrogens (tertiary/aromatic N) is 1. The number of halogens is 1. The number of hydrogen-bond acceptors (Lipinski definition) is 4. The molecule has 0 bridgehead atoms. The summed E-state index contributed by atoms with van der Waals surface area (Å²) in [6, 6.07) is 9.16. The second kappa shape index (κ2) is 6.56. The van der Waals surface area contributed by atoms with Gasteiger partial charge in [0.25, 0.3) is 0 Å². The quantitative estimate of drug-likeness (QED) is 0.800. The maximum absolute atomic E-state index is 13.4. The predicted octanol–water partition coefficient (Wildman–Crippen LogP) is 2.30. The van der Waals surface area contributed by atoms with E-state index < -0.39 is 24.3 Å². The molecule has 0 spiro atoms. The fourth-order valence-corrected chi connectivity index (χ4v) is 2.54. The van der Waals surface area contributed by atoms with Crippen LogP contribution in [0.1, 0.15) is 18.4 Å². The molecule has 0 radical (unpaired) electrons. The lowest BCUT2D eigenvalue weighted by molar-refractivity contribution is -0.153. The highest BCUT2D eigenvalue weighted by molar-refractivity contribution is 5.86. The molecule has 2 rings (SSSR count). The Kier molecular flexibility index (Phi) is 4.77. The third-order valence-corrected chi connectivity index (χ3v) is 3.70. The molecule has 0 unspecified atom stereocenters. The number of hydrogen-bond donors (Lipinski definition) is 0. The summed E-state index contributed by atoms with van der Waals surface area (Å²) in [4.78, 5) is 25.1. The summed E-state index contributed by atoms with van der Waals surface area (Å²) < 4.78 is 23.2. The van der Waals surface area contributed by atoms with Crippen LogP contribution in [0.25, 0.3) is 0 Å². The van der Waals surface area contributed by atoms with E-state index in [1.807, 2.05) is 30.3 Å². The van der Waals surface area contributed by atoms with E-state index in [1.165, 1.54) is 7.11 Å². The van der Waals surface area contributed by atoms with Crippen LogP contribution in [0, 0.1) is 0 Å². The molecule has 0 aliphatic carbocycles. The molecule has 1 aliphatic rings. The summed E-state index contributed by atoms with van der Waals surface area (Å²) in [6.45, 7) is -0.605. The second-order valence-corrected chi connectivity index (χ2v) is 4.95. The van der Waals surface area contributed by atoms with Gasteiger partial charge in [-0.2, -0.15) is 0 Å². The van der Waals surface area contributed by atoms with Crippen molar-refractivity contribution in [3.63, 3.8) is 0 Å². The Labute approximate surface area is 122 Å². The Morgan fingerprint density at radius 2 is 2.05 bits per heavy atom. The number of ether oxygens (including phenoxy) is 2. The molecule has 1 heterocycles. The lowest BCUT2D eigenvalue weighted by Gasteiger charge is -2.32. The molecule has 0 N–H and O–H groups in total. The van der Waals surface area contributed by atoms with Gasteiger partial charge in [0, 0.05) is 6.54 Å². The van der Waals surface area contributed by atoms with E-state index in [4.69, 9.17) is 4.74 Å². The molecular formula is C15H18FNO4. The zero-order valence-electron chi connectivity index (χ0n) is 11.9. The van der Waals surface area contributed by atoms with Crippen molar-refractivity contribution in [3.05, 3.63) is 35.9 Å². The Hall–Kier alpha value is -2.11. The molecule has 114 valence electrons. The molecule has 1 saturated heterocycles. The highest BCUT2D eigenvalue weighted by Gasteiger charge is 2.51. The smallest absolute Gasteiger partial charge is 0.411 e. The monoisotopic (exact) mass is 295 g/mol. The van der Waals surface area contributed by atoms with E-state index >= 15 is 0 Å². The van der Waals surface area contributed by atoms with Crippen LogP contribution in [-0.2, 0) is 20.9 Å². The Morgan fingerprint density at radius 3 is 2.67 bits per heavy atom. The average molecular weight is 295 g/mol. The lowest BCUT2D eigenvalue weighted by atomic mass is 9.98.